The Kier molecular flexibility index (Phi) is 2.74. The lowest BCUT2D eigenvalue weighted by Gasteiger charge is -2.53. The van der Waals surface area contributed by atoms with E-state index in [0.717, 1.165) is 19.3 Å². The van der Waals surface area contributed by atoms with Gasteiger partial charge in [-0.1, -0.05) is 20.8 Å². The molecule has 0 aromatic carbocycles. The van der Waals surface area contributed by atoms with Crippen LogP contribution in [0.15, 0.2) is 11.5 Å². The van der Waals surface area contributed by atoms with Crippen molar-refractivity contribution in [3.63, 3.8) is 0 Å². The molecule has 3 heteroatoms. The zero-order valence-corrected chi connectivity index (χ0v) is 10.8. The fourth-order valence-corrected chi connectivity index (χ4v) is 4.01. The van der Waals surface area contributed by atoms with Gasteiger partial charge in [0.05, 0.1) is 12.7 Å². The average Bonchev–Trinajstić information content (AvgIpc) is 2.23. The van der Waals surface area contributed by atoms with E-state index in [4.69, 9.17) is 6.57 Å². The third-order valence-electron chi connectivity index (χ3n) is 4.79. The van der Waals surface area contributed by atoms with Gasteiger partial charge in [0.2, 0.25) is 5.70 Å². The summed E-state index contributed by atoms with van der Waals surface area (Å²) in [5, 5.41) is 20.1. The van der Waals surface area contributed by atoms with E-state index >= 15 is 0 Å². The number of nitrogens with zero attached hydrogens (tertiary/aromatic N) is 1. The molecule has 2 rings (SSSR count). The van der Waals surface area contributed by atoms with Crippen LogP contribution in [0, 0.1) is 23.3 Å². The lowest BCUT2D eigenvalue weighted by molar-refractivity contribution is -0.0518. The van der Waals surface area contributed by atoms with E-state index in [1.54, 1.807) is 0 Å². The third-order valence-corrected chi connectivity index (χ3v) is 4.79. The second-order valence-electron chi connectivity index (χ2n) is 6.45. The zero-order valence-electron chi connectivity index (χ0n) is 10.8. The van der Waals surface area contributed by atoms with Crippen molar-refractivity contribution in [2.75, 3.05) is 0 Å². The molecule has 0 spiro atoms. The molecule has 2 aliphatic rings. The van der Waals surface area contributed by atoms with Crippen LogP contribution in [0.1, 0.15) is 46.5 Å². The van der Waals surface area contributed by atoms with Gasteiger partial charge in [-0.15, -0.1) is 0 Å². The van der Waals surface area contributed by atoms with Crippen molar-refractivity contribution in [2.45, 2.75) is 52.6 Å². The van der Waals surface area contributed by atoms with Crippen LogP contribution in [0.5, 0.6) is 0 Å². The Morgan fingerprint density at radius 2 is 1.94 bits per heavy atom. The maximum atomic E-state index is 10.2. The molecule has 0 aromatic heterocycles. The Bertz CT molecular complexity index is 405. The topological polar surface area (TPSA) is 44.8 Å². The maximum absolute atomic E-state index is 10.2. The van der Waals surface area contributed by atoms with Crippen LogP contribution < -0.4 is 0 Å². The summed E-state index contributed by atoms with van der Waals surface area (Å²) in [6.45, 7) is 13.4. The molecule has 3 atom stereocenters. The highest BCUT2D eigenvalue weighted by molar-refractivity contribution is 5.28. The molecule has 2 N–H and O–H groups in total. The summed E-state index contributed by atoms with van der Waals surface area (Å²) in [7, 11) is 0. The van der Waals surface area contributed by atoms with E-state index in [1.165, 1.54) is 0 Å². The number of fused-ring (bicyclic) bond motifs is 1. The molecule has 3 nitrogen and oxygen atoms in total. The van der Waals surface area contributed by atoms with Gasteiger partial charge in [0.1, 0.15) is 5.76 Å². The average molecular weight is 235 g/mol. The van der Waals surface area contributed by atoms with Gasteiger partial charge in [-0.2, -0.15) is 0 Å². The van der Waals surface area contributed by atoms with Crippen LogP contribution in [-0.4, -0.2) is 16.3 Å². The first-order valence-corrected chi connectivity index (χ1v) is 6.29. The van der Waals surface area contributed by atoms with E-state index in [-0.39, 0.29) is 22.7 Å². The number of aliphatic hydroxyl groups excluding tert-OH is 2. The fraction of sp³-hybridized carbons (Fsp3) is 0.786. The highest BCUT2D eigenvalue weighted by Gasteiger charge is 2.52. The predicted octanol–water partition coefficient (Wildman–Crippen LogP) is 3.27. The Balaban J connectivity index is 2.46. The van der Waals surface area contributed by atoms with Gasteiger partial charge in [-0.25, -0.2) is 4.85 Å². The molecule has 1 saturated carbocycles. The summed E-state index contributed by atoms with van der Waals surface area (Å²) >= 11 is 0. The van der Waals surface area contributed by atoms with Gasteiger partial charge in [-0.05, 0) is 37.0 Å². The first-order chi connectivity index (χ1) is 7.81. The van der Waals surface area contributed by atoms with Gasteiger partial charge in [-0.3, -0.25) is 0 Å². The minimum Gasteiger partial charge on any atom is -0.523 e. The first-order valence-electron chi connectivity index (χ1n) is 6.29. The molecule has 0 amide bonds. The molecule has 0 heterocycles. The molecule has 1 fully saturated rings. The zero-order chi connectivity index (χ0) is 12.8. The standard InChI is InChI=1S/C14H21NO2/c1-13(2)11-6-5-9(16)7-14(11,3)8-10(15-4)12(13)17/h9,11,16-17H,5-8H2,1-3H3/t9-,11-,14-/m0/s1. The summed E-state index contributed by atoms with van der Waals surface area (Å²) < 4.78 is 0. The highest BCUT2D eigenvalue weighted by Crippen LogP contribution is 2.58. The Morgan fingerprint density at radius 1 is 1.29 bits per heavy atom. The van der Waals surface area contributed by atoms with Crippen molar-refractivity contribution >= 4 is 0 Å². The summed E-state index contributed by atoms with van der Waals surface area (Å²) in [5.74, 6) is 0.621. The monoisotopic (exact) mass is 235 g/mol. The van der Waals surface area contributed by atoms with Crippen LogP contribution in [0.2, 0.25) is 0 Å². The molecule has 0 aliphatic heterocycles. The second-order valence-corrected chi connectivity index (χ2v) is 6.45. The van der Waals surface area contributed by atoms with Crippen molar-refractivity contribution < 1.29 is 10.2 Å². The quantitative estimate of drug-likeness (QED) is 0.633. The largest absolute Gasteiger partial charge is 0.523 e. The molecule has 0 radical (unpaired) electrons. The number of aliphatic hydroxyl groups is 2. The lowest BCUT2D eigenvalue weighted by Crippen LogP contribution is -2.48. The van der Waals surface area contributed by atoms with Gasteiger partial charge in [0, 0.05) is 5.41 Å². The maximum Gasteiger partial charge on any atom is 0.203 e. The van der Waals surface area contributed by atoms with Crippen LogP contribution in [0.4, 0.5) is 0 Å². The summed E-state index contributed by atoms with van der Waals surface area (Å²) in [6.07, 6.45) is 2.84. The third kappa shape index (κ3) is 1.75. The molecular weight excluding hydrogens is 214 g/mol. The second kappa shape index (κ2) is 3.74. The lowest BCUT2D eigenvalue weighted by atomic mass is 9.52. The normalized spacial score (nSPS) is 40.6. The SMILES string of the molecule is [C-]#[N+]C1=C(O)C(C)(C)[C@@H]2CC[C@H](O)C[C@@]2(C)C1. The summed E-state index contributed by atoms with van der Waals surface area (Å²) in [6, 6.07) is 0. The molecule has 0 bridgehead atoms. The summed E-state index contributed by atoms with van der Waals surface area (Å²) in [5.41, 5.74) is 0.100. The molecule has 0 saturated heterocycles. The smallest absolute Gasteiger partial charge is 0.203 e. The van der Waals surface area contributed by atoms with Crippen molar-refractivity contribution in [1.29, 1.82) is 0 Å². The minimum absolute atomic E-state index is 0.0483. The Morgan fingerprint density at radius 3 is 2.53 bits per heavy atom. The summed E-state index contributed by atoms with van der Waals surface area (Å²) in [4.78, 5) is 3.48. The highest BCUT2D eigenvalue weighted by atomic mass is 16.3. The van der Waals surface area contributed by atoms with Gasteiger partial charge in [0.25, 0.3) is 0 Å². The number of hydrogen-bond donors (Lipinski definition) is 2. The first kappa shape index (κ1) is 12.4. The van der Waals surface area contributed by atoms with Gasteiger partial charge >= 0.3 is 0 Å². The predicted molar refractivity (Wildman–Crippen MR) is 66.1 cm³/mol. The molecular formula is C14H21NO2. The van der Waals surface area contributed by atoms with Crippen molar-refractivity contribution in [1.82, 2.24) is 0 Å². The fourth-order valence-electron chi connectivity index (χ4n) is 4.01. The van der Waals surface area contributed by atoms with E-state index in [2.05, 4.69) is 11.8 Å². The van der Waals surface area contributed by atoms with Crippen molar-refractivity contribution in [3.05, 3.63) is 22.9 Å². The van der Waals surface area contributed by atoms with Crippen molar-refractivity contribution in [3.8, 4) is 0 Å². The molecule has 0 aromatic rings. The molecule has 0 unspecified atom stereocenters. The van der Waals surface area contributed by atoms with Crippen LogP contribution >= 0.6 is 0 Å². The number of allylic oxidation sites excluding steroid dienone is 2. The van der Waals surface area contributed by atoms with Gasteiger partial charge in [0.15, 0.2) is 0 Å². The van der Waals surface area contributed by atoms with Crippen LogP contribution in [-0.2, 0) is 0 Å². The van der Waals surface area contributed by atoms with E-state index < -0.39 is 0 Å². The Hall–Kier alpha value is -1.01. The molecule has 17 heavy (non-hydrogen) atoms. The van der Waals surface area contributed by atoms with E-state index in [1.807, 2.05) is 13.8 Å². The van der Waals surface area contributed by atoms with Gasteiger partial charge < -0.3 is 10.2 Å². The Labute approximate surface area is 103 Å². The van der Waals surface area contributed by atoms with Crippen LogP contribution in [0.25, 0.3) is 4.85 Å². The van der Waals surface area contributed by atoms with E-state index in [9.17, 15) is 10.2 Å². The molecule has 94 valence electrons. The van der Waals surface area contributed by atoms with Crippen LogP contribution in [0.3, 0.4) is 0 Å². The number of rotatable bonds is 0. The van der Waals surface area contributed by atoms with E-state index in [0.29, 0.717) is 18.0 Å². The number of hydrogen-bond acceptors (Lipinski definition) is 2. The molecule has 2 aliphatic carbocycles. The minimum atomic E-state index is -0.340. The van der Waals surface area contributed by atoms with Crippen molar-refractivity contribution in [2.24, 2.45) is 16.7 Å².